The van der Waals surface area contributed by atoms with Crippen LogP contribution >= 0.6 is 8.53 Å². The predicted molar refractivity (Wildman–Crippen MR) is 111 cm³/mol. The van der Waals surface area contributed by atoms with Crippen molar-refractivity contribution in [3.05, 3.63) is 30.3 Å². The highest BCUT2D eigenvalue weighted by atomic mass is 31.2. The third-order valence-electron chi connectivity index (χ3n) is 4.82. The average Bonchev–Trinajstić information content (AvgIpc) is 2.72. The van der Waals surface area contributed by atoms with E-state index in [1.165, 1.54) is 19.3 Å². The zero-order valence-corrected chi connectivity index (χ0v) is 17.8. The summed E-state index contributed by atoms with van der Waals surface area (Å²) in [6.07, 6.45) is 0.788. The molecule has 29 heavy (non-hydrogen) atoms. The molecular formula is C20H34NO7P. The smallest absolute Gasteiger partial charge is 0.284 e. The Balaban J connectivity index is 1.89. The van der Waals surface area contributed by atoms with Crippen molar-refractivity contribution in [2.45, 2.75) is 76.2 Å². The SMILES string of the molecule is CCCCCCCCOC1O[C@H](CO)[C@@H](O)[C@H](O)[C@H]1OP(O)Nc1ccccc1. The Morgan fingerprint density at radius 2 is 1.72 bits per heavy atom. The number of hydrogen-bond donors (Lipinski definition) is 5. The number of unbranched alkanes of at least 4 members (excludes halogenated alkanes) is 5. The number of benzene rings is 1. The van der Waals surface area contributed by atoms with E-state index in [4.69, 9.17) is 14.0 Å². The Hall–Kier alpha value is -0.830. The first kappa shape index (κ1) is 24.4. The lowest BCUT2D eigenvalue weighted by Gasteiger charge is -2.42. The van der Waals surface area contributed by atoms with Gasteiger partial charge in [-0.3, -0.25) is 0 Å². The standard InChI is InChI=1S/C20H34NO7P/c1-2-3-4-5-6-10-13-26-20-19(18(24)17(23)16(14-22)27-20)28-29(25)21-15-11-8-7-9-12-15/h7-9,11-12,16-25H,2-6,10,13-14H2,1H3/t16-,17-,18+,19-,20?,29?/m1/s1. The topological polar surface area (TPSA) is 121 Å². The normalized spacial score (nSPS) is 28.2. The second-order valence-corrected chi connectivity index (χ2v) is 8.15. The van der Waals surface area contributed by atoms with Crippen molar-refractivity contribution in [1.29, 1.82) is 0 Å². The summed E-state index contributed by atoms with van der Waals surface area (Å²) in [6, 6.07) is 9.01. The first-order valence-electron chi connectivity index (χ1n) is 10.3. The van der Waals surface area contributed by atoms with Crippen molar-refractivity contribution >= 4 is 14.2 Å². The maximum atomic E-state index is 10.4. The molecule has 0 aliphatic carbocycles. The summed E-state index contributed by atoms with van der Waals surface area (Å²) in [5.74, 6) is 0. The van der Waals surface area contributed by atoms with Gasteiger partial charge >= 0.3 is 0 Å². The van der Waals surface area contributed by atoms with E-state index in [1.54, 1.807) is 12.1 Å². The molecule has 2 rings (SSSR count). The van der Waals surface area contributed by atoms with Crippen LogP contribution in [0, 0.1) is 0 Å². The zero-order valence-electron chi connectivity index (χ0n) is 16.9. The fourth-order valence-corrected chi connectivity index (χ4v) is 4.03. The molecule has 0 aromatic heterocycles. The van der Waals surface area contributed by atoms with Gasteiger partial charge in [-0.25, -0.2) is 0 Å². The van der Waals surface area contributed by atoms with Crippen LogP contribution in [0.3, 0.4) is 0 Å². The van der Waals surface area contributed by atoms with Gasteiger partial charge in [0.15, 0.2) is 6.29 Å². The van der Waals surface area contributed by atoms with Crippen LogP contribution < -0.4 is 5.09 Å². The van der Waals surface area contributed by atoms with Crippen LogP contribution in [0.1, 0.15) is 45.4 Å². The summed E-state index contributed by atoms with van der Waals surface area (Å²) in [5, 5.41) is 32.8. The molecule has 9 heteroatoms. The molecule has 1 aromatic rings. The maximum absolute atomic E-state index is 10.4. The van der Waals surface area contributed by atoms with Gasteiger partial charge in [0.25, 0.3) is 8.53 Å². The molecule has 0 saturated carbocycles. The van der Waals surface area contributed by atoms with E-state index < -0.39 is 45.8 Å². The number of rotatable bonds is 13. The van der Waals surface area contributed by atoms with Crippen LogP contribution in [0.25, 0.3) is 0 Å². The van der Waals surface area contributed by atoms with E-state index in [2.05, 4.69) is 12.0 Å². The number of ether oxygens (including phenoxy) is 2. The lowest BCUT2D eigenvalue weighted by Crippen LogP contribution is -2.59. The largest absolute Gasteiger partial charge is 0.394 e. The molecule has 5 N–H and O–H groups in total. The molecule has 6 atom stereocenters. The monoisotopic (exact) mass is 431 g/mol. The molecule has 8 nitrogen and oxygen atoms in total. The number of nitrogens with one attached hydrogen (secondary N) is 1. The minimum atomic E-state index is -2.14. The van der Waals surface area contributed by atoms with Crippen molar-refractivity contribution in [1.82, 2.24) is 0 Å². The number of para-hydroxylation sites is 1. The van der Waals surface area contributed by atoms with Crippen molar-refractivity contribution in [2.75, 3.05) is 18.3 Å². The van der Waals surface area contributed by atoms with E-state index in [0.29, 0.717) is 12.3 Å². The van der Waals surface area contributed by atoms with E-state index in [9.17, 15) is 20.2 Å². The molecular weight excluding hydrogens is 397 g/mol. The van der Waals surface area contributed by atoms with Gasteiger partial charge in [0.05, 0.1) is 6.61 Å². The van der Waals surface area contributed by atoms with Gasteiger partial charge in [-0.2, -0.15) is 0 Å². The Bertz CT molecular complexity index is 553. The summed E-state index contributed by atoms with van der Waals surface area (Å²) in [4.78, 5) is 10.3. The lowest BCUT2D eigenvalue weighted by atomic mass is 9.99. The van der Waals surface area contributed by atoms with Crippen LogP contribution in [0.15, 0.2) is 30.3 Å². The van der Waals surface area contributed by atoms with Crippen LogP contribution in [0.5, 0.6) is 0 Å². The highest BCUT2D eigenvalue weighted by Crippen LogP contribution is 2.38. The molecule has 1 fully saturated rings. The van der Waals surface area contributed by atoms with Gasteiger partial charge < -0.3 is 39.3 Å². The first-order valence-corrected chi connectivity index (χ1v) is 11.5. The van der Waals surface area contributed by atoms with Gasteiger partial charge in [-0.1, -0.05) is 57.2 Å². The van der Waals surface area contributed by atoms with Crippen LogP contribution in [-0.2, 0) is 14.0 Å². The average molecular weight is 431 g/mol. The molecule has 1 saturated heterocycles. The molecule has 1 heterocycles. The molecule has 1 aromatic carbocycles. The Kier molecular flexibility index (Phi) is 11.4. The molecule has 0 radical (unpaired) electrons. The summed E-state index contributed by atoms with van der Waals surface area (Å²) in [6.45, 7) is 2.11. The maximum Gasteiger partial charge on any atom is 0.284 e. The summed E-state index contributed by atoms with van der Waals surface area (Å²) in [5.41, 5.74) is 0.658. The molecule has 1 aliphatic heterocycles. The van der Waals surface area contributed by atoms with Gasteiger partial charge in [0.1, 0.15) is 24.4 Å². The Morgan fingerprint density at radius 1 is 1.03 bits per heavy atom. The Labute approximate surface area is 173 Å². The second kappa shape index (κ2) is 13.5. The summed E-state index contributed by atoms with van der Waals surface area (Å²) < 4.78 is 16.9. The minimum absolute atomic E-state index is 0.396. The van der Waals surface area contributed by atoms with Gasteiger partial charge in [-0.15, -0.1) is 0 Å². The van der Waals surface area contributed by atoms with Crippen molar-refractivity contribution < 1.29 is 34.2 Å². The van der Waals surface area contributed by atoms with Crippen molar-refractivity contribution in [3.8, 4) is 0 Å². The quantitative estimate of drug-likeness (QED) is 0.239. The molecule has 2 unspecified atom stereocenters. The highest BCUT2D eigenvalue weighted by molar-refractivity contribution is 7.47. The first-order chi connectivity index (χ1) is 14.1. The Morgan fingerprint density at radius 3 is 2.41 bits per heavy atom. The van der Waals surface area contributed by atoms with E-state index in [1.807, 2.05) is 18.2 Å². The van der Waals surface area contributed by atoms with E-state index >= 15 is 0 Å². The molecule has 0 amide bonds. The van der Waals surface area contributed by atoms with Crippen LogP contribution in [0.2, 0.25) is 0 Å². The zero-order chi connectivity index (χ0) is 21.1. The number of hydrogen-bond acceptors (Lipinski definition) is 8. The highest BCUT2D eigenvalue weighted by Gasteiger charge is 2.46. The predicted octanol–water partition coefficient (Wildman–Crippen LogP) is 2.52. The number of aliphatic hydroxyl groups excluding tert-OH is 3. The fraction of sp³-hybridized carbons (Fsp3) is 0.700. The number of anilines is 1. The number of aliphatic hydroxyl groups is 3. The fourth-order valence-electron chi connectivity index (χ4n) is 3.15. The van der Waals surface area contributed by atoms with Crippen molar-refractivity contribution in [3.63, 3.8) is 0 Å². The van der Waals surface area contributed by atoms with Gasteiger partial charge in [0.2, 0.25) is 0 Å². The van der Waals surface area contributed by atoms with Crippen LogP contribution in [-0.4, -0.2) is 64.1 Å². The lowest BCUT2D eigenvalue weighted by molar-refractivity contribution is -0.295. The van der Waals surface area contributed by atoms with E-state index in [-0.39, 0.29) is 0 Å². The summed E-state index contributed by atoms with van der Waals surface area (Å²) in [7, 11) is -2.14. The van der Waals surface area contributed by atoms with Gasteiger partial charge in [-0.05, 0) is 18.6 Å². The molecule has 1 aliphatic rings. The van der Waals surface area contributed by atoms with Gasteiger partial charge in [0, 0.05) is 12.3 Å². The second-order valence-electron chi connectivity index (χ2n) is 7.17. The van der Waals surface area contributed by atoms with E-state index in [0.717, 1.165) is 19.3 Å². The molecule has 166 valence electrons. The molecule has 0 bridgehead atoms. The van der Waals surface area contributed by atoms with Crippen molar-refractivity contribution in [2.24, 2.45) is 0 Å². The molecule has 0 spiro atoms. The van der Waals surface area contributed by atoms with Crippen LogP contribution in [0.4, 0.5) is 5.69 Å². The third-order valence-corrected chi connectivity index (χ3v) is 5.72. The summed E-state index contributed by atoms with van der Waals surface area (Å²) >= 11 is 0. The minimum Gasteiger partial charge on any atom is -0.394 e. The third kappa shape index (κ3) is 8.07.